The van der Waals surface area contributed by atoms with E-state index < -0.39 is 0 Å². The van der Waals surface area contributed by atoms with Crippen molar-refractivity contribution in [3.63, 3.8) is 0 Å². The van der Waals surface area contributed by atoms with Gasteiger partial charge in [0.25, 0.3) is 0 Å². The molecule has 3 atom stereocenters. The zero-order valence-corrected chi connectivity index (χ0v) is 16.5. The summed E-state index contributed by atoms with van der Waals surface area (Å²) in [5, 5.41) is 9.85. The molecular weight excluding hydrogens is 322 g/mol. The third-order valence-corrected chi connectivity index (χ3v) is 7.12. The van der Waals surface area contributed by atoms with Gasteiger partial charge in [-0.05, 0) is 54.3 Å². The molecule has 1 aliphatic heterocycles. The van der Waals surface area contributed by atoms with Gasteiger partial charge in [0.2, 0.25) is 0 Å². The number of benzene rings is 1. The third-order valence-electron chi connectivity index (χ3n) is 7.12. The van der Waals surface area contributed by atoms with Crippen molar-refractivity contribution in [1.29, 1.82) is 0 Å². The van der Waals surface area contributed by atoms with Crippen molar-refractivity contribution in [3.05, 3.63) is 29.8 Å². The van der Waals surface area contributed by atoms with Crippen LogP contribution in [0, 0.1) is 17.8 Å². The molecule has 26 heavy (non-hydrogen) atoms. The van der Waals surface area contributed by atoms with E-state index in [0.717, 1.165) is 38.4 Å². The lowest BCUT2D eigenvalue weighted by atomic mass is 9.68. The van der Waals surface area contributed by atoms with Crippen LogP contribution in [0.15, 0.2) is 24.3 Å². The summed E-state index contributed by atoms with van der Waals surface area (Å²) < 4.78 is 0. The average Bonchev–Trinajstić information content (AvgIpc) is 2.65. The number of hydrogen-bond donors (Lipinski definition) is 1. The van der Waals surface area contributed by atoms with Gasteiger partial charge in [0, 0.05) is 19.0 Å². The van der Waals surface area contributed by atoms with Crippen LogP contribution < -0.4 is 0 Å². The van der Waals surface area contributed by atoms with Crippen LogP contribution in [-0.2, 0) is 10.2 Å². The Balaban J connectivity index is 1.58. The largest absolute Gasteiger partial charge is 0.508 e. The summed E-state index contributed by atoms with van der Waals surface area (Å²) in [5.41, 5.74) is 1.33. The molecule has 0 bridgehead atoms. The first-order valence-electron chi connectivity index (χ1n) is 10.5. The highest BCUT2D eigenvalue weighted by Gasteiger charge is 2.38. The quantitative estimate of drug-likeness (QED) is 0.745. The second-order valence-corrected chi connectivity index (χ2v) is 9.01. The Morgan fingerprint density at radius 2 is 2.08 bits per heavy atom. The van der Waals surface area contributed by atoms with Crippen molar-refractivity contribution in [2.24, 2.45) is 17.8 Å². The molecule has 3 rings (SSSR count). The predicted octanol–water partition coefficient (Wildman–Crippen LogP) is 4.78. The van der Waals surface area contributed by atoms with Gasteiger partial charge in [0.15, 0.2) is 0 Å². The molecule has 1 heterocycles. The molecule has 1 aromatic rings. The van der Waals surface area contributed by atoms with E-state index in [2.05, 4.69) is 24.8 Å². The Morgan fingerprint density at radius 3 is 2.73 bits per heavy atom. The van der Waals surface area contributed by atoms with E-state index in [-0.39, 0.29) is 11.3 Å². The van der Waals surface area contributed by atoms with Crippen LogP contribution in [-0.4, -0.2) is 35.9 Å². The fraction of sp³-hybridized carbons (Fsp3) is 0.696. The molecule has 2 aliphatic rings. The molecule has 0 spiro atoms. The fourth-order valence-electron chi connectivity index (χ4n) is 5.13. The molecule has 3 unspecified atom stereocenters. The highest BCUT2D eigenvalue weighted by Crippen LogP contribution is 2.40. The standard InChI is InChI=1S/C23H35NO2/c1-18-15-24(16-20(17-25)13-19-7-4-3-5-8-19)12-11-23(18,2)21-9-6-10-22(26)14-21/h6,9-10,14,17-20,26H,3-5,7-8,11-13,15-16H2,1-2H3. The monoisotopic (exact) mass is 357 g/mol. The third kappa shape index (κ3) is 4.49. The Kier molecular flexibility index (Phi) is 6.39. The minimum absolute atomic E-state index is 0.0925. The smallest absolute Gasteiger partial charge is 0.124 e. The maximum Gasteiger partial charge on any atom is 0.124 e. The topological polar surface area (TPSA) is 40.5 Å². The van der Waals surface area contributed by atoms with Crippen molar-refractivity contribution in [2.75, 3.05) is 19.6 Å². The lowest BCUT2D eigenvalue weighted by molar-refractivity contribution is -0.112. The van der Waals surface area contributed by atoms with Crippen LogP contribution >= 0.6 is 0 Å². The summed E-state index contributed by atoms with van der Waals surface area (Å²) in [4.78, 5) is 14.2. The molecule has 3 heteroatoms. The first-order chi connectivity index (χ1) is 12.5. The zero-order valence-electron chi connectivity index (χ0n) is 16.5. The van der Waals surface area contributed by atoms with Crippen molar-refractivity contribution >= 4 is 6.29 Å². The number of phenolic OH excluding ortho intramolecular Hbond substituents is 1. The highest BCUT2D eigenvalue weighted by molar-refractivity contribution is 5.53. The van der Waals surface area contributed by atoms with Gasteiger partial charge >= 0.3 is 0 Å². The molecule has 2 fully saturated rings. The summed E-state index contributed by atoms with van der Waals surface area (Å²) in [5.74, 6) is 1.81. The molecule has 1 aromatic carbocycles. The number of hydrogen-bond acceptors (Lipinski definition) is 3. The summed E-state index contributed by atoms with van der Waals surface area (Å²) >= 11 is 0. The van der Waals surface area contributed by atoms with E-state index in [1.165, 1.54) is 44.0 Å². The van der Waals surface area contributed by atoms with Crippen LogP contribution in [0.2, 0.25) is 0 Å². The highest BCUT2D eigenvalue weighted by atomic mass is 16.3. The Labute approximate surface area is 158 Å². The van der Waals surface area contributed by atoms with Gasteiger partial charge < -0.3 is 14.8 Å². The predicted molar refractivity (Wildman–Crippen MR) is 106 cm³/mol. The van der Waals surface area contributed by atoms with Crippen LogP contribution in [0.25, 0.3) is 0 Å². The van der Waals surface area contributed by atoms with E-state index in [0.29, 0.717) is 11.7 Å². The molecular formula is C23H35NO2. The fourth-order valence-corrected chi connectivity index (χ4v) is 5.13. The first kappa shape index (κ1) is 19.4. The second kappa shape index (κ2) is 8.56. The van der Waals surface area contributed by atoms with Crippen LogP contribution in [0.3, 0.4) is 0 Å². The Morgan fingerprint density at radius 1 is 1.31 bits per heavy atom. The van der Waals surface area contributed by atoms with Gasteiger partial charge in [0.05, 0.1) is 0 Å². The molecule has 3 nitrogen and oxygen atoms in total. The van der Waals surface area contributed by atoms with Crippen LogP contribution in [0.4, 0.5) is 0 Å². The second-order valence-electron chi connectivity index (χ2n) is 9.01. The van der Waals surface area contributed by atoms with Gasteiger partial charge in [-0.2, -0.15) is 0 Å². The number of nitrogens with zero attached hydrogens (tertiary/aromatic N) is 1. The van der Waals surface area contributed by atoms with Crippen molar-refractivity contribution in [2.45, 2.75) is 64.2 Å². The van der Waals surface area contributed by atoms with E-state index in [1.54, 1.807) is 6.07 Å². The maximum absolute atomic E-state index is 11.7. The van der Waals surface area contributed by atoms with Gasteiger partial charge in [-0.1, -0.05) is 58.1 Å². The number of aldehydes is 1. The number of rotatable bonds is 6. The van der Waals surface area contributed by atoms with Gasteiger partial charge in [-0.3, -0.25) is 0 Å². The lowest BCUT2D eigenvalue weighted by Gasteiger charge is -2.45. The summed E-state index contributed by atoms with van der Waals surface area (Å²) in [6.07, 6.45) is 10.1. The van der Waals surface area contributed by atoms with Crippen LogP contribution in [0.1, 0.15) is 64.4 Å². The molecule has 144 valence electrons. The molecule has 1 saturated heterocycles. The maximum atomic E-state index is 11.7. The van der Waals surface area contributed by atoms with E-state index in [4.69, 9.17) is 0 Å². The number of phenols is 1. The SMILES string of the molecule is CC1CN(CC(C=O)CC2CCCCC2)CCC1(C)c1cccc(O)c1. The molecule has 0 radical (unpaired) electrons. The van der Waals surface area contributed by atoms with Crippen molar-refractivity contribution in [3.8, 4) is 5.75 Å². The minimum atomic E-state index is 0.0925. The molecule has 0 aromatic heterocycles. The number of carbonyl (C=O) groups excluding carboxylic acids is 1. The van der Waals surface area contributed by atoms with E-state index >= 15 is 0 Å². The van der Waals surface area contributed by atoms with E-state index in [1.807, 2.05) is 12.1 Å². The Bertz CT molecular complexity index is 596. The number of aromatic hydroxyl groups is 1. The normalized spacial score (nSPS) is 29.4. The average molecular weight is 358 g/mol. The van der Waals surface area contributed by atoms with Crippen molar-refractivity contribution < 1.29 is 9.90 Å². The van der Waals surface area contributed by atoms with Crippen molar-refractivity contribution in [1.82, 2.24) is 4.90 Å². The molecule has 1 N–H and O–H groups in total. The minimum Gasteiger partial charge on any atom is -0.508 e. The molecule has 1 aliphatic carbocycles. The van der Waals surface area contributed by atoms with Crippen LogP contribution in [0.5, 0.6) is 5.75 Å². The van der Waals surface area contributed by atoms with Gasteiger partial charge in [0.1, 0.15) is 12.0 Å². The zero-order chi connectivity index (χ0) is 18.6. The summed E-state index contributed by atoms with van der Waals surface area (Å²) in [6, 6.07) is 7.75. The molecule has 1 saturated carbocycles. The number of carbonyl (C=O) groups is 1. The summed E-state index contributed by atoms with van der Waals surface area (Å²) in [6.45, 7) is 7.61. The van der Waals surface area contributed by atoms with E-state index in [9.17, 15) is 9.90 Å². The Hall–Kier alpha value is -1.35. The van der Waals surface area contributed by atoms with Gasteiger partial charge in [-0.25, -0.2) is 0 Å². The number of likely N-dealkylation sites (tertiary alicyclic amines) is 1. The first-order valence-corrected chi connectivity index (χ1v) is 10.5. The lowest BCUT2D eigenvalue weighted by Crippen LogP contribution is -2.48. The van der Waals surface area contributed by atoms with Gasteiger partial charge in [-0.15, -0.1) is 0 Å². The summed E-state index contributed by atoms with van der Waals surface area (Å²) in [7, 11) is 0. The number of piperidine rings is 1. The molecule has 0 amide bonds.